The Hall–Kier alpha value is -2.34. The Labute approximate surface area is 103 Å². The van der Waals surface area contributed by atoms with Gasteiger partial charge in [0.2, 0.25) is 5.91 Å². The summed E-state index contributed by atoms with van der Waals surface area (Å²) >= 11 is 0. The summed E-state index contributed by atoms with van der Waals surface area (Å²) in [5, 5.41) is 28.5. The molecule has 4 N–H and O–H groups in total. The number of aromatic hydroxyl groups is 1. The molecule has 96 valence electrons. The van der Waals surface area contributed by atoms with Crippen LogP contribution in [0.15, 0.2) is 30.3 Å². The minimum atomic E-state index is -1.32. The summed E-state index contributed by atoms with van der Waals surface area (Å²) in [6, 6.07) is 4.80. The van der Waals surface area contributed by atoms with Gasteiger partial charge in [-0.3, -0.25) is 4.79 Å². The Balaban J connectivity index is 2.59. The van der Waals surface area contributed by atoms with Crippen molar-refractivity contribution in [2.45, 2.75) is 6.04 Å². The van der Waals surface area contributed by atoms with Crippen molar-refractivity contribution in [3.63, 3.8) is 0 Å². The van der Waals surface area contributed by atoms with E-state index in [2.05, 4.69) is 5.32 Å². The third kappa shape index (κ3) is 4.26. The maximum absolute atomic E-state index is 11.3. The van der Waals surface area contributed by atoms with E-state index in [0.29, 0.717) is 5.56 Å². The molecule has 0 aliphatic carbocycles. The summed E-state index contributed by atoms with van der Waals surface area (Å²) in [4.78, 5) is 21.9. The zero-order valence-corrected chi connectivity index (χ0v) is 9.41. The lowest BCUT2D eigenvalue weighted by Crippen LogP contribution is -2.42. The summed E-state index contributed by atoms with van der Waals surface area (Å²) in [7, 11) is 0. The van der Waals surface area contributed by atoms with Crippen molar-refractivity contribution in [3.05, 3.63) is 35.9 Å². The third-order valence-corrected chi connectivity index (χ3v) is 2.12. The smallest absolute Gasteiger partial charge is 0.328 e. The van der Waals surface area contributed by atoms with Crippen molar-refractivity contribution in [3.8, 4) is 5.75 Å². The zero-order valence-electron chi connectivity index (χ0n) is 9.41. The van der Waals surface area contributed by atoms with Gasteiger partial charge in [-0.15, -0.1) is 0 Å². The van der Waals surface area contributed by atoms with E-state index in [1.807, 2.05) is 0 Å². The van der Waals surface area contributed by atoms with E-state index < -0.39 is 24.5 Å². The number of rotatable bonds is 5. The normalized spacial score (nSPS) is 12.3. The molecule has 0 saturated carbocycles. The van der Waals surface area contributed by atoms with Crippen LogP contribution in [-0.2, 0) is 9.59 Å². The molecule has 0 bridgehead atoms. The molecule has 1 aromatic rings. The minimum absolute atomic E-state index is 0.114. The molecule has 0 saturated heterocycles. The first-order chi connectivity index (χ1) is 8.52. The first-order valence-corrected chi connectivity index (χ1v) is 5.14. The summed E-state index contributed by atoms with van der Waals surface area (Å²) < 4.78 is 0. The minimum Gasteiger partial charge on any atom is -0.508 e. The molecule has 0 radical (unpaired) electrons. The Kier molecular flexibility index (Phi) is 4.89. The Morgan fingerprint density at radius 3 is 2.39 bits per heavy atom. The zero-order chi connectivity index (χ0) is 13.5. The van der Waals surface area contributed by atoms with E-state index in [1.54, 1.807) is 12.1 Å². The molecule has 1 rings (SSSR count). The van der Waals surface area contributed by atoms with Gasteiger partial charge >= 0.3 is 5.97 Å². The van der Waals surface area contributed by atoms with Gasteiger partial charge in [-0.25, -0.2) is 4.79 Å². The predicted molar refractivity (Wildman–Crippen MR) is 63.8 cm³/mol. The molecule has 0 spiro atoms. The van der Waals surface area contributed by atoms with Crippen LogP contribution >= 0.6 is 0 Å². The van der Waals surface area contributed by atoms with Gasteiger partial charge in [0.15, 0.2) is 6.04 Å². The summed E-state index contributed by atoms with van der Waals surface area (Å²) in [5.74, 6) is -1.81. The number of aliphatic hydroxyl groups excluding tert-OH is 1. The van der Waals surface area contributed by atoms with Crippen molar-refractivity contribution < 1.29 is 24.9 Å². The summed E-state index contributed by atoms with van der Waals surface area (Å²) in [6.45, 7) is -0.672. The average Bonchev–Trinajstić information content (AvgIpc) is 2.35. The fraction of sp³-hybridized carbons (Fsp3) is 0.167. The van der Waals surface area contributed by atoms with Crippen molar-refractivity contribution in [2.75, 3.05) is 6.61 Å². The van der Waals surface area contributed by atoms with E-state index in [4.69, 9.17) is 15.3 Å². The Bertz CT molecular complexity index is 452. The van der Waals surface area contributed by atoms with Gasteiger partial charge in [0.1, 0.15) is 5.75 Å². The highest BCUT2D eigenvalue weighted by atomic mass is 16.4. The topological polar surface area (TPSA) is 107 Å². The van der Waals surface area contributed by atoms with Gasteiger partial charge in [-0.2, -0.15) is 0 Å². The number of aliphatic carboxylic acids is 1. The number of phenols is 1. The highest BCUT2D eigenvalue weighted by molar-refractivity contribution is 5.94. The molecule has 6 heteroatoms. The number of hydrogen-bond donors (Lipinski definition) is 4. The van der Waals surface area contributed by atoms with Gasteiger partial charge in [-0.1, -0.05) is 12.1 Å². The number of hydrogen-bond acceptors (Lipinski definition) is 4. The first-order valence-electron chi connectivity index (χ1n) is 5.14. The number of aliphatic hydroxyl groups is 1. The van der Waals surface area contributed by atoms with E-state index in [0.717, 1.165) is 6.08 Å². The van der Waals surface area contributed by atoms with Crippen molar-refractivity contribution >= 4 is 18.0 Å². The SMILES string of the molecule is O=C(C=Cc1ccc(O)cc1)N[C@@H](CO)C(=O)O. The van der Waals surface area contributed by atoms with Crippen LogP contribution in [0.4, 0.5) is 0 Å². The monoisotopic (exact) mass is 251 g/mol. The molecule has 0 aliphatic rings. The maximum atomic E-state index is 11.3. The fourth-order valence-corrected chi connectivity index (χ4v) is 1.16. The third-order valence-electron chi connectivity index (χ3n) is 2.12. The second-order valence-corrected chi connectivity index (χ2v) is 3.51. The molecule has 1 aromatic carbocycles. The van der Waals surface area contributed by atoms with Gasteiger partial charge in [-0.05, 0) is 23.8 Å². The molecule has 1 amide bonds. The number of carbonyl (C=O) groups excluding carboxylic acids is 1. The number of phenolic OH excluding ortho intramolecular Hbond substituents is 1. The van der Waals surface area contributed by atoms with Gasteiger partial charge < -0.3 is 20.6 Å². The molecule has 18 heavy (non-hydrogen) atoms. The van der Waals surface area contributed by atoms with E-state index in [-0.39, 0.29) is 5.75 Å². The molecule has 0 unspecified atom stereocenters. The standard InChI is InChI=1S/C12H13NO5/c14-7-10(12(17)18)13-11(16)6-3-8-1-4-9(15)5-2-8/h1-6,10,14-15H,7H2,(H,13,16)(H,17,18)/t10-/m0/s1. The van der Waals surface area contributed by atoms with Gasteiger partial charge in [0, 0.05) is 6.08 Å². The van der Waals surface area contributed by atoms with Crippen LogP contribution in [0.1, 0.15) is 5.56 Å². The van der Waals surface area contributed by atoms with Crippen LogP contribution in [0.5, 0.6) is 5.75 Å². The number of carboxylic acids is 1. The van der Waals surface area contributed by atoms with Crippen LogP contribution < -0.4 is 5.32 Å². The molecular formula is C12H13NO5. The van der Waals surface area contributed by atoms with Gasteiger partial charge in [0.25, 0.3) is 0 Å². The number of amides is 1. The second-order valence-electron chi connectivity index (χ2n) is 3.51. The van der Waals surface area contributed by atoms with Crippen molar-refractivity contribution in [1.29, 1.82) is 0 Å². The van der Waals surface area contributed by atoms with E-state index in [9.17, 15) is 9.59 Å². The number of carbonyl (C=O) groups is 2. The summed E-state index contributed by atoms with van der Waals surface area (Å²) in [6.07, 6.45) is 2.61. The molecule has 0 heterocycles. The quantitative estimate of drug-likeness (QED) is 0.550. The molecule has 1 atom stereocenters. The lowest BCUT2D eigenvalue weighted by Gasteiger charge is -2.09. The second kappa shape index (κ2) is 6.41. The molecule has 6 nitrogen and oxygen atoms in total. The molecular weight excluding hydrogens is 238 g/mol. The predicted octanol–water partition coefficient (Wildman–Crippen LogP) is -0.0329. The van der Waals surface area contributed by atoms with E-state index >= 15 is 0 Å². The maximum Gasteiger partial charge on any atom is 0.328 e. The molecule has 0 aromatic heterocycles. The van der Waals surface area contributed by atoms with Crippen molar-refractivity contribution in [2.24, 2.45) is 0 Å². The highest BCUT2D eigenvalue weighted by Gasteiger charge is 2.16. The lowest BCUT2D eigenvalue weighted by atomic mass is 10.2. The van der Waals surface area contributed by atoms with Crippen LogP contribution in [0.3, 0.4) is 0 Å². The number of carboxylic acid groups (broad SMARTS) is 1. The van der Waals surface area contributed by atoms with Crippen molar-refractivity contribution in [1.82, 2.24) is 5.32 Å². The summed E-state index contributed by atoms with van der Waals surface area (Å²) in [5.41, 5.74) is 0.679. The first kappa shape index (κ1) is 13.7. The average molecular weight is 251 g/mol. The van der Waals surface area contributed by atoms with Gasteiger partial charge in [0.05, 0.1) is 6.61 Å². The van der Waals surface area contributed by atoms with Crippen LogP contribution in [0.25, 0.3) is 6.08 Å². The number of nitrogens with one attached hydrogen (secondary N) is 1. The lowest BCUT2D eigenvalue weighted by molar-refractivity contribution is -0.142. The largest absolute Gasteiger partial charge is 0.508 e. The van der Waals surface area contributed by atoms with Crippen LogP contribution in [-0.4, -0.2) is 39.8 Å². The highest BCUT2D eigenvalue weighted by Crippen LogP contribution is 2.10. The van der Waals surface area contributed by atoms with E-state index in [1.165, 1.54) is 18.2 Å². The Morgan fingerprint density at radius 2 is 1.89 bits per heavy atom. The van der Waals surface area contributed by atoms with Crippen LogP contribution in [0.2, 0.25) is 0 Å². The number of benzene rings is 1. The fourth-order valence-electron chi connectivity index (χ4n) is 1.16. The molecule has 0 fully saturated rings. The Morgan fingerprint density at radius 1 is 1.28 bits per heavy atom. The molecule has 0 aliphatic heterocycles. The van der Waals surface area contributed by atoms with Crippen LogP contribution in [0, 0.1) is 0 Å².